The number of nitrogens with zero attached hydrogens (tertiary/aromatic N) is 4. The second kappa shape index (κ2) is 10.8. The number of benzene rings is 2. The number of amides is 2. The van der Waals surface area contributed by atoms with E-state index in [1.165, 1.54) is 12.1 Å². The first-order chi connectivity index (χ1) is 16.3. The molecule has 3 rings (SSSR count). The van der Waals surface area contributed by atoms with Crippen LogP contribution >= 0.6 is 0 Å². The maximum atomic E-state index is 12.2. The van der Waals surface area contributed by atoms with Crippen LogP contribution in [0.25, 0.3) is 0 Å². The molecule has 0 unspecified atom stereocenters. The van der Waals surface area contributed by atoms with Gasteiger partial charge in [0.15, 0.2) is 6.61 Å². The number of hydrazine groups is 2. The number of nitro benzene ring substituents is 1. The van der Waals surface area contributed by atoms with Gasteiger partial charge in [0.25, 0.3) is 17.5 Å². The molecule has 0 bridgehead atoms. The van der Waals surface area contributed by atoms with Gasteiger partial charge in [-0.1, -0.05) is 18.2 Å². The molecule has 0 aliphatic rings. The van der Waals surface area contributed by atoms with Crippen molar-refractivity contribution in [3.8, 4) is 5.75 Å². The second-order valence-electron chi connectivity index (χ2n) is 6.33. The van der Waals surface area contributed by atoms with Crippen molar-refractivity contribution >= 4 is 34.8 Å². The first kappa shape index (κ1) is 23.3. The topological polar surface area (TPSA) is 204 Å². The highest BCUT2D eigenvalue weighted by Gasteiger charge is 2.24. The Morgan fingerprint density at radius 3 is 2.06 bits per heavy atom. The molecule has 2 aromatic carbocycles. The molecule has 34 heavy (non-hydrogen) atoms. The number of non-ortho nitro benzene ring substituents is 1. The standard InChI is InChI=1S/C19H16N8O7/c28-15(10-34-14-4-2-1-3-5-14)22-23-17-16(27(32)33)18(21-11-20-17)24-25-19(29)12-6-8-13(9-7-12)26(30)31/h1-9,11H,10H2,(H,22,28)(H,25,29)(H2,20,21,23,24). The number of carbonyl (C=O) groups is 2. The summed E-state index contributed by atoms with van der Waals surface area (Å²) in [5.41, 5.74) is 8.22. The van der Waals surface area contributed by atoms with Crippen LogP contribution in [0, 0.1) is 20.2 Å². The first-order valence-corrected chi connectivity index (χ1v) is 9.38. The molecule has 3 aromatic rings. The Labute approximate surface area is 190 Å². The van der Waals surface area contributed by atoms with Gasteiger partial charge in [-0.3, -0.25) is 51.5 Å². The van der Waals surface area contributed by atoms with Gasteiger partial charge in [-0.2, -0.15) is 0 Å². The average molecular weight is 468 g/mol. The van der Waals surface area contributed by atoms with E-state index in [1.807, 2.05) is 0 Å². The second-order valence-corrected chi connectivity index (χ2v) is 6.33. The van der Waals surface area contributed by atoms with E-state index in [9.17, 15) is 29.8 Å². The zero-order chi connectivity index (χ0) is 24.5. The van der Waals surface area contributed by atoms with Gasteiger partial charge in [0.2, 0.25) is 11.6 Å². The molecule has 0 radical (unpaired) electrons. The van der Waals surface area contributed by atoms with Crippen LogP contribution in [0.3, 0.4) is 0 Å². The maximum Gasteiger partial charge on any atom is 0.356 e. The van der Waals surface area contributed by atoms with E-state index in [0.29, 0.717) is 5.75 Å². The highest BCUT2D eigenvalue weighted by atomic mass is 16.6. The van der Waals surface area contributed by atoms with Crippen molar-refractivity contribution in [1.82, 2.24) is 20.8 Å². The van der Waals surface area contributed by atoms with Crippen molar-refractivity contribution in [3.63, 3.8) is 0 Å². The van der Waals surface area contributed by atoms with Crippen molar-refractivity contribution in [3.05, 3.63) is 86.7 Å². The third-order valence-corrected chi connectivity index (χ3v) is 4.07. The molecular formula is C19H16N8O7. The zero-order valence-corrected chi connectivity index (χ0v) is 17.1. The molecule has 4 N–H and O–H groups in total. The number of aromatic nitrogens is 2. The largest absolute Gasteiger partial charge is 0.484 e. The minimum Gasteiger partial charge on any atom is -0.484 e. The number of hydrogen-bond donors (Lipinski definition) is 4. The van der Waals surface area contributed by atoms with Gasteiger partial charge in [0.1, 0.15) is 12.1 Å². The van der Waals surface area contributed by atoms with E-state index in [0.717, 1.165) is 18.5 Å². The predicted octanol–water partition coefficient (Wildman–Crippen LogP) is 1.57. The summed E-state index contributed by atoms with van der Waals surface area (Å²) in [6.45, 7) is -0.369. The van der Waals surface area contributed by atoms with Gasteiger partial charge >= 0.3 is 5.69 Å². The van der Waals surface area contributed by atoms with E-state index in [2.05, 4.69) is 31.7 Å². The normalized spacial score (nSPS) is 10.0. The molecule has 15 heteroatoms. The van der Waals surface area contributed by atoms with Crippen LogP contribution < -0.4 is 26.4 Å². The molecule has 1 heterocycles. The summed E-state index contributed by atoms with van der Waals surface area (Å²) in [5.74, 6) is -1.66. The van der Waals surface area contributed by atoms with Crippen LogP contribution in [0.4, 0.5) is 23.0 Å². The van der Waals surface area contributed by atoms with Crippen molar-refractivity contribution in [1.29, 1.82) is 0 Å². The summed E-state index contributed by atoms with van der Waals surface area (Å²) in [7, 11) is 0. The van der Waals surface area contributed by atoms with Gasteiger partial charge in [-0.05, 0) is 24.3 Å². The van der Waals surface area contributed by atoms with Gasteiger partial charge < -0.3 is 4.74 Å². The molecule has 0 atom stereocenters. The molecule has 1 aromatic heterocycles. The molecule has 0 spiro atoms. The van der Waals surface area contributed by atoms with Gasteiger partial charge in [0, 0.05) is 17.7 Å². The minimum atomic E-state index is -0.824. The number of carbonyl (C=O) groups excluding carboxylic acids is 2. The quantitative estimate of drug-likeness (QED) is 0.248. The van der Waals surface area contributed by atoms with Gasteiger partial charge in [-0.25, -0.2) is 9.97 Å². The van der Waals surface area contributed by atoms with Crippen LogP contribution in [-0.2, 0) is 4.79 Å². The number of rotatable bonds is 10. The lowest BCUT2D eigenvalue weighted by Crippen LogP contribution is -2.34. The third-order valence-electron chi connectivity index (χ3n) is 4.07. The number of nitro groups is 2. The van der Waals surface area contributed by atoms with Crippen molar-refractivity contribution < 1.29 is 24.2 Å². The van der Waals surface area contributed by atoms with E-state index >= 15 is 0 Å². The molecule has 2 amide bonds. The lowest BCUT2D eigenvalue weighted by Gasteiger charge is -2.12. The van der Waals surface area contributed by atoms with Crippen molar-refractivity contribution in [2.45, 2.75) is 0 Å². The van der Waals surface area contributed by atoms with E-state index in [1.54, 1.807) is 30.3 Å². The van der Waals surface area contributed by atoms with Gasteiger partial charge in [-0.15, -0.1) is 0 Å². The smallest absolute Gasteiger partial charge is 0.356 e. The minimum absolute atomic E-state index is 0.0545. The molecule has 0 fully saturated rings. The fourth-order valence-electron chi connectivity index (χ4n) is 2.49. The van der Waals surface area contributed by atoms with Crippen LogP contribution in [0.15, 0.2) is 60.9 Å². The highest BCUT2D eigenvalue weighted by molar-refractivity contribution is 5.95. The Bertz CT molecular complexity index is 1210. The number of ether oxygens (including phenoxy) is 1. The Morgan fingerprint density at radius 2 is 1.47 bits per heavy atom. The summed E-state index contributed by atoms with van der Waals surface area (Å²) in [6.07, 6.45) is 0.961. The Balaban J connectivity index is 1.62. The van der Waals surface area contributed by atoms with Crippen LogP contribution in [0.2, 0.25) is 0 Å². The molecular weight excluding hydrogens is 452 g/mol. The van der Waals surface area contributed by atoms with Gasteiger partial charge in [0.05, 0.1) is 9.85 Å². The predicted molar refractivity (Wildman–Crippen MR) is 117 cm³/mol. The van der Waals surface area contributed by atoms with Crippen LogP contribution in [0.1, 0.15) is 10.4 Å². The third kappa shape index (κ3) is 6.10. The maximum absolute atomic E-state index is 12.2. The van der Waals surface area contributed by atoms with Crippen molar-refractivity contribution in [2.24, 2.45) is 0 Å². The Morgan fingerprint density at radius 1 is 0.853 bits per heavy atom. The van der Waals surface area contributed by atoms with Crippen molar-refractivity contribution in [2.75, 3.05) is 17.5 Å². The molecule has 0 aliphatic heterocycles. The van der Waals surface area contributed by atoms with E-state index in [4.69, 9.17) is 4.74 Å². The number of anilines is 2. The molecule has 0 saturated heterocycles. The number of para-hydroxylation sites is 1. The van der Waals surface area contributed by atoms with Crippen LogP contribution in [-0.4, -0.2) is 38.2 Å². The fourth-order valence-corrected chi connectivity index (χ4v) is 2.49. The summed E-state index contributed by atoms with van der Waals surface area (Å²) in [5, 5.41) is 22.2. The lowest BCUT2D eigenvalue weighted by atomic mass is 10.2. The molecule has 15 nitrogen and oxygen atoms in total. The summed E-state index contributed by atoms with van der Waals surface area (Å²) >= 11 is 0. The summed E-state index contributed by atoms with van der Waals surface area (Å²) in [6, 6.07) is 13.2. The van der Waals surface area contributed by atoms with E-state index in [-0.39, 0.29) is 29.5 Å². The zero-order valence-electron chi connectivity index (χ0n) is 17.1. The Kier molecular flexibility index (Phi) is 7.41. The number of nitrogens with one attached hydrogen (secondary N) is 4. The highest BCUT2D eigenvalue weighted by Crippen LogP contribution is 2.27. The fraction of sp³-hybridized carbons (Fsp3) is 0.0526. The number of hydrogen-bond acceptors (Lipinski definition) is 11. The average Bonchev–Trinajstić information content (AvgIpc) is 2.85. The monoisotopic (exact) mass is 468 g/mol. The molecule has 174 valence electrons. The SMILES string of the molecule is O=C(COc1ccccc1)NNc1ncnc(NNC(=O)c2ccc([N+](=O)[O-])cc2)c1[N+](=O)[O-]. The summed E-state index contributed by atoms with van der Waals surface area (Å²) in [4.78, 5) is 52.4. The Hall–Kier alpha value is -5.34. The molecule has 0 saturated carbocycles. The lowest BCUT2D eigenvalue weighted by molar-refractivity contribution is -0.384. The molecule has 0 aliphatic carbocycles. The van der Waals surface area contributed by atoms with E-state index < -0.39 is 27.3 Å². The van der Waals surface area contributed by atoms with Crippen LogP contribution in [0.5, 0.6) is 5.75 Å². The summed E-state index contributed by atoms with van der Waals surface area (Å²) < 4.78 is 5.27. The first-order valence-electron chi connectivity index (χ1n) is 9.38.